The zero-order chi connectivity index (χ0) is 17.4. The summed E-state index contributed by atoms with van der Waals surface area (Å²) in [7, 11) is 0. The van der Waals surface area contributed by atoms with E-state index >= 15 is 0 Å². The molecule has 2 N–H and O–H groups in total. The highest BCUT2D eigenvalue weighted by molar-refractivity contribution is 7.21. The maximum absolute atomic E-state index is 13.1. The van der Waals surface area contributed by atoms with Gasteiger partial charge in [-0.3, -0.25) is 4.79 Å². The lowest BCUT2D eigenvalue weighted by Gasteiger charge is -2.06. The van der Waals surface area contributed by atoms with Gasteiger partial charge in [0.25, 0.3) is 0 Å². The highest BCUT2D eigenvalue weighted by atomic mass is 32.1. The lowest BCUT2D eigenvalue weighted by molar-refractivity contribution is 0.104. The Balaban J connectivity index is 1.94. The van der Waals surface area contributed by atoms with Crippen molar-refractivity contribution in [3.63, 3.8) is 0 Å². The molecule has 0 saturated carbocycles. The molecular weight excluding hydrogens is 332 g/mol. The van der Waals surface area contributed by atoms with Crippen molar-refractivity contribution in [2.24, 2.45) is 0 Å². The topological polar surface area (TPSA) is 57.5 Å². The minimum atomic E-state index is -0.0794. The standard InChI is InChI=1S/C21H14O3S/c22-15-9-5-13(6-10-15)19-17-3-1-2-4-18(17)25-21(19)20(24)14-7-11-16(23)12-8-14/h1-12,22-23H. The number of rotatable bonds is 3. The first-order valence-electron chi connectivity index (χ1n) is 7.78. The lowest BCUT2D eigenvalue weighted by atomic mass is 9.98. The van der Waals surface area contributed by atoms with Crippen LogP contribution >= 0.6 is 11.3 Å². The van der Waals surface area contributed by atoms with Crippen molar-refractivity contribution in [3.8, 4) is 22.6 Å². The molecule has 0 bridgehead atoms. The van der Waals surface area contributed by atoms with E-state index in [-0.39, 0.29) is 17.3 Å². The van der Waals surface area contributed by atoms with E-state index in [0.29, 0.717) is 10.4 Å². The molecule has 0 fully saturated rings. The second-order valence-electron chi connectivity index (χ2n) is 5.73. The molecular formula is C21H14O3S. The van der Waals surface area contributed by atoms with Gasteiger partial charge in [-0.1, -0.05) is 30.3 Å². The summed E-state index contributed by atoms with van der Waals surface area (Å²) >= 11 is 1.46. The van der Waals surface area contributed by atoms with Crippen molar-refractivity contribution in [1.29, 1.82) is 0 Å². The number of thiophene rings is 1. The molecule has 1 heterocycles. The Hall–Kier alpha value is -3.11. The zero-order valence-electron chi connectivity index (χ0n) is 13.1. The Morgan fingerprint density at radius 1 is 0.760 bits per heavy atom. The van der Waals surface area contributed by atoms with Gasteiger partial charge in [0, 0.05) is 21.2 Å². The summed E-state index contributed by atoms with van der Waals surface area (Å²) in [5.41, 5.74) is 2.29. The van der Waals surface area contributed by atoms with Gasteiger partial charge in [0.05, 0.1) is 4.88 Å². The maximum Gasteiger partial charge on any atom is 0.203 e. The van der Waals surface area contributed by atoms with Crippen LogP contribution in [0.4, 0.5) is 0 Å². The fourth-order valence-electron chi connectivity index (χ4n) is 2.86. The molecule has 0 unspecified atom stereocenters. The molecule has 0 aliphatic carbocycles. The Labute approximate surface area is 148 Å². The molecule has 4 heteroatoms. The van der Waals surface area contributed by atoms with Crippen LogP contribution in [0.1, 0.15) is 15.2 Å². The quantitative estimate of drug-likeness (QED) is 0.501. The van der Waals surface area contributed by atoms with Crippen LogP contribution < -0.4 is 0 Å². The number of hydrogen-bond acceptors (Lipinski definition) is 4. The first-order valence-corrected chi connectivity index (χ1v) is 8.60. The van der Waals surface area contributed by atoms with Crippen LogP contribution in [0.25, 0.3) is 21.2 Å². The maximum atomic E-state index is 13.1. The number of phenols is 2. The van der Waals surface area contributed by atoms with Crippen LogP contribution in [0.15, 0.2) is 72.8 Å². The number of carbonyl (C=O) groups is 1. The summed E-state index contributed by atoms with van der Waals surface area (Å²) in [6, 6.07) is 21.1. The second kappa shape index (κ2) is 6.07. The fourth-order valence-corrected chi connectivity index (χ4v) is 4.05. The van der Waals surface area contributed by atoms with E-state index in [1.54, 1.807) is 24.3 Å². The van der Waals surface area contributed by atoms with Gasteiger partial charge < -0.3 is 10.2 Å². The molecule has 0 spiro atoms. The van der Waals surface area contributed by atoms with E-state index in [9.17, 15) is 15.0 Å². The lowest BCUT2D eigenvalue weighted by Crippen LogP contribution is -2.00. The molecule has 122 valence electrons. The van der Waals surface area contributed by atoms with E-state index in [1.807, 2.05) is 36.4 Å². The molecule has 0 aliphatic rings. The molecule has 0 radical (unpaired) electrons. The second-order valence-corrected chi connectivity index (χ2v) is 6.78. The van der Waals surface area contributed by atoms with Gasteiger partial charge in [0.2, 0.25) is 5.78 Å². The zero-order valence-corrected chi connectivity index (χ0v) is 14.0. The fraction of sp³-hybridized carbons (Fsp3) is 0. The molecule has 4 rings (SSSR count). The predicted molar refractivity (Wildman–Crippen MR) is 100 cm³/mol. The van der Waals surface area contributed by atoms with Gasteiger partial charge in [-0.05, 0) is 48.0 Å². The third-order valence-electron chi connectivity index (χ3n) is 4.09. The SMILES string of the molecule is O=C(c1ccc(O)cc1)c1sc2ccccc2c1-c1ccc(O)cc1. The summed E-state index contributed by atoms with van der Waals surface area (Å²) in [5, 5.41) is 20.0. The van der Waals surface area contributed by atoms with Crippen LogP contribution in [0.2, 0.25) is 0 Å². The van der Waals surface area contributed by atoms with Gasteiger partial charge >= 0.3 is 0 Å². The van der Waals surface area contributed by atoms with Crippen LogP contribution in [-0.4, -0.2) is 16.0 Å². The van der Waals surface area contributed by atoms with Crippen molar-refractivity contribution < 1.29 is 15.0 Å². The molecule has 4 aromatic rings. The number of fused-ring (bicyclic) bond motifs is 1. The third kappa shape index (κ3) is 2.77. The van der Waals surface area contributed by atoms with Crippen molar-refractivity contribution in [1.82, 2.24) is 0 Å². The van der Waals surface area contributed by atoms with Crippen molar-refractivity contribution in [3.05, 3.63) is 83.2 Å². The van der Waals surface area contributed by atoms with Crippen molar-refractivity contribution in [2.75, 3.05) is 0 Å². The third-order valence-corrected chi connectivity index (χ3v) is 5.26. The largest absolute Gasteiger partial charge is 0.508 e. The average molecular weight is 346 g/mol. The Kier molecular flexibility index (Phi) is 3.75. The van der Waals surface area contributed by atoms with Gasteiger partial charge in [-0.2, -0.15) is 0 Å². The Morgan fingerprint density at radius 3 is 2.04 bits per heavy atom. The van der Waals surface area contributed by atoms with E-state index in [0.717, 1.165) is 21.2 Å². The molecule has 25 heavy (non-hydrogen) atoms. The monoisotopic (exact) mass is 346 g/mol. The normalized spacial score (nSPS) is 10.9. The van der Waals surface area contributed by atoms with Gasteiger partial charge in [-0.15, -0.1) is 11.3 Å². The van der Waals surface area contributed by atoms with E-state index in [4.69, 9.17) is 0 Å². The van der Waals surface area contributed by atoms with Crippen molar-refractivity contribution in [2.45, 2.75) is 0 Å². The summed E-state index contributed by atoms with van der Waals surface area (Å²) < 4.78 is 1.03. The summed E-state index contributed by atoms with van der Waals surface area (Å²) in [5.74, 6) is 0.241. The van der Waals surface area contributed by atoms with Crippen LogP contribution in [0, 0.1) is 0 Å². The van der Waals surface area contributed by atoms with Crippen LogP contribution in [0.3, 0.4) is 0 Å². The highest BCUT2D eigenvalue weighted by Crippen LogP contribution is 2.40. The highest BCUT2D eigenvalue weighted by Gasteiger charge is 2.20. The van der Waals surface area contributed by atoms with Gasteiger partial charge in [-0.25, -0.2) is 0 Å². The molecule has 0 amide bonds. The molecule has 3 aromatic carbocycles. The minimum absolute atomic E-state index is 0.0794. The number of benzene rings is 3. The van der Waals surface area contributed by atoms with E-state index in [1.165, 1.54) is 23.5 Å². The Bertz CT molecular complexity index is 1060. The summed E-state index contributed by atoms with van der Waals surface area (Å²) in [6.07, 6.45) is 0. The van der Waals surface area contributed by atoms with Gasteiger partial charge in [0.15, 0.2) is 0 Å². The Morgan fingerprint density at radius 2 is 1.36 bits per heavy atom. The van der Waals surface area contributed by atoms with E-state index < -0.39 is 0 Å². The summed E-state index contributed by atoms with van der Waals surface area (Å²) in [6.45, 7) is 0. The van der Waals surface area contributed by atoms with E-state index in [2.05, 4.69) is 0 Å². The molecule has 0 aliphatic heterocycles. The number of hydrogen-bond donors (Lipinski definition) is 2. The smallest absolute Gasteiger partial charge is 0.203 e. The number of carbonyl (C=O) groups excluding carboxylic acids is 1. The first kappa shape index (κ1) is 15.4. The number of ketones is 1. The van der Waals surface area contributed by atoms with Crippen LogP contribution in [0.5, 0.6) is 11.5 Å². The molecule has 3 nitrogen and oxygen atoms in total. The molecule has 0 atom stereocenters. The number of aromatic hydroxyl groups is 2. The first-order chi connectivity index (χ1) is 12.1. The van der Waals surface area contributed by atoms with Gasteiger partial charge in [0.1, 0.15) is 11.5 Å². The summed E-state index contributed by atoms with van der Waals surface area (Å²) in [4.78, 5) is 13.7. The van der Waals surface area contributed by atoms with Crippen LogP contribution in [-0.2, 0) is 0 Å². The predicted octanol–water partition coefficient (Wildman–Crippen LogP) is 5.21. The molecule has 1 aromatic heterocycles. The average Bonchev–Trinajstić information content (AvgIpc) is 3.02. The minimum Gasteiger partial charge on any atom is -0.508 e. The number of phenolic OH excluding ortho intramolecular Hbond substituents is 2. The van der Waals surface area contributed by atoms with Crippen molar-refractivity contribution >= 4 is 27.2 Å². The molecule has 0 saturated heterocycles.